The van der Waals surface area contributed by atoms with Crippen molar-refractivity contribution in [2.45, 2.75) is 19.9 Å². The van der Waals surface area contributed by atoms with Crippen LogP contribution in [-0.2, 0) is 0 Å². The van der Waals surface area contributed by atoms with E-state index in [0.29, 0.717) is 0 Å². The molecule has 0 aliphatic carbocycles. The number of hydrogen-bond acceptors (Lipinski definition) is 3. The minimum Gasteiger partial charge on any atom is -0.457 e. The fourth-order valence-corrected chi connectivity index (χ4v) is 5.96. The maximum absolute atomic E-state index is 6.48. The van der Waals surface area contributed by atoms with E-state index in [1.807, 2.05) is 30.3 Å². The summed E-state index contributed by atoms with van der Waals surface area (Å²) in [6.07, 6.45) is 0. The first kappa shape index (κ1) is 22.8. The van der Waals surface area contributed by atoms with E-state index >= 15 is 0 Å². The molecular formula is C35H26N4O. The molecule has 0 aliphatic rings. The van der Waals surface area contributed by atoms with Gasteiger partial charge < -0.3 is 9.30 Å². The highest BCUT2D eigenvalue weighted by Crippen LogP contribution is 2.36. The Bertz CT molecular complexity index is 2240. The van der Waals surface area contributed by atoms with Gasteiger partial charge >= 0.3 is 0 Å². The Balaban J connectivity index is 1.27. The third kappa shape index (κ3) is 3.41. The molecule has 40 heavy (non-hydrogen) atoms. The Labute approximate surface area is 230 Å². The summed E-state index contributed by atoms with van der Waals surface area (Å²) in [4.78, 5) is 10.0. The monoisotopic (exact) mass is 518 g/mol. The first-order chi connectivity index (χ1) is 19.7. The summed E-state index contributed by atoms with van der Waals surface area (Å²) in [5, 5.41) is 3.41. The van der Waals surface area contributed by atoms with E-state index in [2.05, 4.69) is 108 Å². The summed E-state index contributed by atoms with van der Waals surface area (Å²) in [7, 11) is 0. The van der Waals surface area contributed by atoms with E-state index < -0.39 is 0 Å². The lowest BCUT2D eigenvalue weighted by Gasteiger charge is -2.14. The maximum atomic E-state index is 6.48. The first-order valence-corrected chi connectivity index (χ1v) is 13.6. The molecule has 0 atom stereocenters. The molecule has 3 heterocycles. The van der Waals surface area contributed by atoms with E-state index in [1.165, 1.54) is 5.39 Å². The second-order valence-electron chi connectivity index (χ2n) is 10.5. The van der Waals surface area contributed by atoms with Crippen molar-refractivity contribution in [3.05, 3.63) is 115 Å². The predicted octanol–water partition coefficient (Wildman–Crippen LogP) is 9.18. The topological polar surface area (TPSA) is 44.4 Å². The first-order valence-electron chi connectivity index (χ1n) is 13.6. The quantitative estimate of drug-likeness (QED) is 0.218. The van der Waals surface area contributed by atoms with Crippen molar-refractivity contribution in [1.82, 2.24) is 18.9 Å². The van der Waals surface area contributed by atoms with Gasteiger partial charge in [0.15, 0.2) is 0 Å². The Hall–Kier alpha value is -5.16. The van der Waals surface area contributed by atoms with Gasteiger partial charge in [-0.05, 0) is 79.9 Å². The average Bonchev–Trinajstić information content (AvgIpc) is 3.57. The van der Waals surface area contributed by atoms with Gasteiger partial charge in [0.2, 0.25) is 0 Å². The smallest absolute Gasteiger partial charge is 0.146 e. The van der Waals surface area contributed by atoms with Gasteiger partial charge in [-0.1, -0.05) is 54.6 Å². The van der Waals surface area contributed by atoms with Crippen molar-refractivity contribution in [2.75, 3.05) is 0 Å². The van der Waals surface area contributed by atoms with Crippen LogP contribution in [0.5, 0.6) is 11.5 Å². The molecule has 0 aliphatic heterocycles. The summed E-state index contributed by atoms with van der Waals surface area (Å²) >= 11 is 0. The van der Waals surface area contributed by atoms with E-state index in [4.69, 9.17) is 14.7 Å². The van der Waals surface area contributed by atoms with Gasteiger partial charge in [-0.15, -0.1) is 0 Å². The minimum atomic E-state index is 0.273. The predicted molar refractivity (Wildman–Crippen MR) is 163 cm³/mol. The average molecular weight is 519 g/mol. The van der Waals surface area contributed by atoms with Gasteiger partial charge in [0.1, 0.15) is 23.0 Å². The number of benzene rings is 5. The number of pyridine rings is 1. The van der Waals surface area contributed by atoms with E-state index in [9.17, 15) is 0 Å². The number of nitrogens with zero attached hydrogens (tertiary/aromatic N) is 4. The van der Waals surface area contributed by atoms with Gasteiger partial charge in [-0.25, -0.2) is 9.97 Å². The summed E-state index contributed by atoms with van der Waals surface area (Å²) in [6.45, 7) is 4.38. The lowest BCUT2D eigenvalue weighted by atomic mass is 10.1. The van der Waals surface area contributed by atoms with Crippen LogP contribution in [0.15, 0.2) is 115 Å². The number of ether oxygens (including phenoxy) is 1. The lowest BCUT2D eigenvalue weighted by Crippen LogP contribution is -2.03. The number of hydrogen-bond donors (Lipinski definition) is 0. The standard InChI is InChI=1S/C35H26N4O/c1-22(2)38-32-16-7-4-13-29(32)36-34(38)23-10-9-11-24(20-23)40-25-18-19-26-27-12-3-6-15-31(27)39-33-17-8-5-14-30(33)37-35(39)28(26)21-25/h3-22H,1-2H3. The molecule has 0 unspecified atom stereocenters. The van der Waals surface area contributed by atoms with Crippen LogP contribution in [0.25, 0.3) is 60.8 Å². The van der Waals surface area contributed by atoms with Crippen LogP contribution in [0.2, 0.25) is 0 Å². The normalized spacial score (nSPS) is 12.0. The number of rotatable bonds is 4. The highest BCUT2D eigenvalue weighted by atomic mass is 16.5. The van der Waals surface area contributed by atoms with Gasteiger partial charge in [-0.2, -0.15) is 0 Å². The molecule has 0 amide bonds. The molecule has 0 bridgehead atoms. The largest absolute Gasteiger partial charge is 0.457 e. The summed E-state index contributed by atoms with van der Waals surface area (Å²) in [6, 6.07) is 39.9. The molecule has 8 rings (SSSR count). The summed E-state index contributed by atoms with van der Waals surface area (Å²) in [5.74, 6) is 2.48. The van der Waals surface area contributed by atoms with Crippen LogP contribution in [0.4, 0.5) is 0 Å². The maximum Gasteiger partial charge on any atom is 0.146 e. The van der Waals surface area contributed by atoms with E-state index in [-0.39, 0.29) is 6.04 Å². The second-order valence-corrected chi connectivity index (χ2v) is 10.5. The van der Waals surface area contributed by atoms with Crippen molar-refractivity contribution in [3.63, 3.8) is 0 Å². The van der Waals surface area contributed by atoms with Crippen molar-refractivity contribution in [2.24, 2.45) is 0 Å². The Morgan fingerprint density at radius 2 is 1.27 bits per heavy atom. The van der Waals surface area contributed by atoms with Gasteiger partial charge in [0.25, 0.3) is 0 Å². The van der Waals surface area contributed by atoms with Crippen molar-refractivity contribution in [3.8, 4) is 22.9 Å². The molecule has 5 aromatic carbocycles. The number of fused-ring (bicyclic) bond motifs is 9. The van der Waals surface area contributed by atoms with Gasteiger partial charge in [0.05, 0.1) is 27.6 Å². The summed E-state index contributed by atoms with van der Waals surface area (Å²) in [5.41, 5.74) is 7.31. The van der Waals surface area contributed by atoms with Crippen molar-refractivity contribution >= 4 is 49.4 Å². The van der Waals surface area contributed by atoms with E-state index in [1.54, 1.807) is 0 Å². The van der Waals surface area contributed by atoms with Crippen LogP contribution in [0, 0.1) is 0 Å². The highest BCUT2D eigenvalue weighted by molar-refractivity contribution is 6.14. The molecule has 0 saturated heterocycles. The van der Waals surface area contributed by atoms with Gasteiger partial charge in [-0.3, -0.25) is 4.40 Å². The van der Waals surface area contributed by atoms with Crippen LogP contribution >= 0.6 is 0 Å². The van der Waals surface area contributed by atoms with Crippen LogP contribution in [-0.4, -0.2) is 18.9 Å². The van der Waals surface area contributed by atoms with Crippen LogP contribution in [0.1, 0.15) is 19.9 Å². The third-order valence-corrected chi connectivity index (χ3v) is 7.67. The molecule has 5 nitrogen and oxygen atoms in total. The molecule has 0 radical (unpaired) electrons. The molecule has 0 N–H and O–H groups in total. The Morgan fingerprint density at radius 3 is 2.10 bits per heavy atom. The molecule has 192 valence electrons. The number of aromatic nitrogens is 4. The number of imidazole rings is 2. The fourth-order valence-electron chi connectivity index (χ4n) is 5.96. The van der Waals surface area contributed by atoms with Crippen LogP contribution in [0.3, 0.4) is 0 Å². The minimum absolute atomic E-state index is 0.273. The Morgan fingerprint density at radius 1 is 0.575 bits per heavy atom. The SMILES string of the molecule is CC(C)n1c(-c2cccc(Oc3ccc4c5ccccc5n5c6ccccc6nc5c4c3)c2)nc2ccccc21. The molecule has 8 aromatic rings. The fraction of sp³-hybridized carbons (Fsp3) is 0.0857. The molecule has 0 fully saturated rings. The van der Waals surface area contributed by atoms with Crippen molar-refractivity contribution < 1.29 is 4.74 Å². The lowest BCUT2D eigenvalue weighted by molar-refractivity contribution is 0.483. The summed E-state index contributed by atoms with van der Waals surface area (Å²) < 4.78 is 11.0. The zero-order valence-corrected chi connectivity index (χ0v) is 22.2. The molecule has 3 aromatic heterocycles. The zero-order valence-electron chi connectivity index (χ0n) is 22.2. The Kier molecular flexibility index (Phi) is 4.95. The molecule has 0 spiro atoms. The van der Waals surface area contributed by atoms with Crippen LogP contribution < -0.4 is 4.74 Å². The molecular weight excluding hydrogens is 492 g/mol. The molecule has 0 saturated carbocycles. The highest BCUT2D eigenvalue weighted by Gasteiger charge is 2.17. The molecule has 5 heteroatoms. The zero-order chi connectivity index (χ0) is 26.8. The van der Waals surface area contributed by atoms with Gasteiger partial charge in [0, 0.05) is 22.4 Å². The van der Waals surface area contributed by atoms with E-state index in [0.717, 1.165) is 66.9 Å². The second kappa shape index (κ2) is 8.68. The number of para-hydroxylation sites is 5. The van der Waals surface area contributed by atoms with Crippen molar-refractivity contribution in [1.29, 1.82) is 0 Å². The third-order valence-electron chi connectivity index (χ3n) is 7.67.